The molecule has 1 saturated carbocycles. The number of hydrogen-bond acceptors (Lipinski definition) is 3. The van der Waals surface area contributed by atoms with Crippen LogP contribution < -0.4 is 5.32 Å². The molecular formula is C15H21NO2. The lowest BCUT2D eigenvalue weighted by molar-refractivity contribution is -0.144. The van der Waals surface area contributed by atoms with Gasteiger partial charge in [-0.05, 0) is 31.9 Å². The molecule has 0 bridgehead atoms. The first-order valence-electron chi connectivity index (χ1n) is 6.73. The highest BCUT2D eigenvalue weighted by Gasteiger charge is 2.36. The van der Waals surface area contributed by atoms with Crippen LogP contribution in [-0.2, 0) is 9.53 Å². The van der Waals surface area contributed by atoms with E-state index in [1.54, 1.807) is 0 Å². The molecule has 1 aromatic rings. The van der Waals surface area contributed by atoms with E-state index in [0.29, 0.717) is 13.0 Å². The van der Waals surface area contributed by atoms with Gasteiger partial charge in [0.05, 0.1) is 13.0 Å². The van der Waals surface area contributed by atoms with Gasteiger partial charge in [0.1, 0.15) is 0 Å². The number of carbonyl (C=O) groups is 1. The van der Waals surface area contributed by atoms with E-state index in [0.717, 1.165) is 18.5 Å². The molecule has 0 heterocycles. The van der Waals surface area contributed by atoms with Crippen molar-refractivity contribution in [1.29, 1.82) is 0 Å². The molecule has 98 valence electrons. The van der Waals surface area contributed by atoms with Crippen molar-refractivity contribution in [3.8, 4) is 0 Å². The largest absolute Gasteiger partial charge is 0.466 e. The number of esters is 1. The molecule has 0 saturated heterocycles. The lowest BCUT2D eigenvalue weighted by Gasteiger charge is -2.30. The van der Waals surface area contributed by atoms with Crippen LogP contribution in [0.25, 0.3) is 0 Å². The van der Waals surface area contributed by atoms with Crippen molar-refractivity contribution in [2.45, 2.75) is 44.6 Å². The summed E-state index contributed by atoms with van der Waals surface area (Å²) in [4.78, 5) is 11.7. The van der Waals surface area contributed by atoms with Crippen LogP contribution in [0.1, 0.15) is 39.0 Å². The maximum atomic E-state index is 11.7. The van der Waals surface area contributed by atoms with Gasteiger partial charge in [0.25, 0.3) is 0 Å². The fraction of sp³-hybridized carbons (Fsp3) is 0.533. The number of rotatable bonds is 5. The van der Waals surface area contributed by atoms with E-state index < -0.39 is 0 Å². The lowest BCUT2D eigenvalue weighted by Crippen LogP contribution is -2.38. The third-order valence-electron chi connectivity index (χ3n) is 3.53. The Balaban J connectivity index is 2.05. The summed E-state index contributed by atoms with van der Waals surface area (Å²) < 4.78 is 5.09. The summed E-state index contributed by atoms with van der Waals surface area (Å²) in [5, 5.41) is 3.54. The fourth-order valence-corrected chi connectivity index (χ4v) is 2.71. The van der Waals surface area contributed by atoms with Gasteiger partial charge in [-0.2, -0.15) is 0 Å². The molecule has 0 spiro atoms. The van der Waals surface area contributed by atoms with Crippen LogP contribution in [0.2, 0.25) is 0 Å². The van der Waals surface area contributed by atoms with E-state index >= 15 is 0 Å². The van der Waals surface area contributed by atoms with Crippen LogP contribution in [0.3, 0.4) is 0 Å². The lowest BCUT2D eigenvalue weighted by atomic mass is 9.92. The topological polar surface area (TPSA) is 38.3 Å². The maximum absolute atomic E-state index is 11.7. The molecule has 3 heteroatoms. The van der Waals surface area contributed by atoms with Gasteiger partial charge in [0, 0.05) is 11.2 Å². The maximum Gasteiger partial charge on any atom is 0.308 e. The standard InChI is InChI=1S/C15H21NO2/c1-2-18-14(17)12-15(10-6-7-11-15)16-13-8-4-3-5-9-13/h3-5,8-9,16H,2,6-7,10-12H2,1H3. The Kier molecular flexibility index (Phi) is 4.24. The Morgan fingerprint density at radius 3 is 2.56 bits per heavy atom. The molecule has 3 nitrogen and oxygen atoms in total. The molecule has 0 radical (unpaired) electrons. The molecule has 1 fully saturated rings. The van der Waals surface area contributed by atoms with Crippen molar-refractivity contribution in [3.63, 3.8) is 0 Å². The Labute approximate surface area is 109 Å². The summed E-state index contributed by atoms with van der Waals surface area (Å²) in [7, 11) is 0. The average molecular weight is 247 g/mol. The monoisotopic (exact) mass is 247 g/mol. The molecule has 0 amide bonds. The molecule has 1 aliphatic carbocycles. The van der Waals surface area contributed by atoms with Gasteiger partial charge in [-0.3, -0.25) is 4.79 Å². The summed E-state index contributed by atoms with van der Waals surface area (Å²) >= 11 is 0. The summed E-state index contributed by atoms with van der Waals surface area (Å²) in [5.41, 5.74) is 0.983. The zero-order valence-corrected chi connectivity index (χ0v) is 10.9. The van der Waals surface area contributed by atoms with Crippen LogP contribution >= 0.6 is 0 Å². The molecule has 0 aliphatic heterocycles. The molecule has 1 aromatic carbocycles. The van der Waals surface area contributed by atoms with E-state index in [9.17, 15) is 4.79 Å². The van der Waals surface area contributed by atoms with Crippen LogP contribution in [0.15, 0.2) is 30.3 Å². The number of anilines is 1. The highest BCUT2D eigenvalue weighted by atomic mass is 16.5. The molecule has 0 atom stereocenters. The van der Waals surface area contributed by atoms with E-state index in [2.05, 4.69) is 5.32 Å². The molecule has 18 heavy (non-hydrogen) atoms. The van der Waals surface area contributed by atoms with Crippen LogP contribution in [0.5, 0.6) is 0 Å². The second kappa shape index (κ2) is 5.89. The van der Waals surface area contributed by atoms with Crippen molar-refractivity contribution in [1.82, 2.24) is 0 Å². The second-order valence-electron chi connectivity index (χ2n) is 4.96. The van der Waals surface area contributed by atoms with Crippen molar-refractivity contribution in [2.24, 2.45) is 0 Å². The first-order chi connectivity index (χ1) is 8.74. The molecule has 2 rings (SSSR count). The third-order valence-corrected chi connectivity index (χ3v) is 3.53. The number of para-hydroxylation sites is 1. The minimum atomic E-state index is -0.104. The highest BCUT2D eigenvalue weighted by Crippen LogP contribution is 2.36. The SMILES string of the molecule is CCOC(=O)CC1(Nc2ccccc2)CCCC1. The third kappa shape index (κ3) is 3.25. The van der Waals surface area contributed by atoms with Crippen molar-refractivity contribution >= 4 is 11.7 Å². The molecule has 0 unspecified atom stereocenters. The van der Waals surface area contributed by atoms with Gasteiger partial charge in [-0.15, -0.1) is 0 Å². The summed E-state index contributed by atoms with van der Waals surface area (Å²) in [6.07, 6.45) is 4.91. The Hall–Kier alpha value is -1.51. The smallest absolute Gasteiger partial charge is 0.308 e. The summed E-state index contributed by atoms with van der Waals surface area (Å²) in [5.74, 6) is -0.0946. The quantitative estimate of drug-likeness (QED) is 0.811. The van der Waals surface area contributed by atoms with E-state index in [-0.39, 0.29) is 11.5 Å². The van der Waals surface area contributed by atoms with Gasteiger partial charge in [-0.1, -0.05) is 31.0 Å². The number of carbonyl (C=O) groups excluding carboxylic acids is 1. The van der Waals surface area contributed by atoms with Crippen molar-refractivity contribution in [2.75, 3.05) is 11.9 Å². The van der Waals surface area contributed by atoms with Crippen molar-refractivity contribution in [3.05, 3.63) is 30.3 Å². The molecule has 1 N–H and O–H groups in total. The number of benzene rings is 1. The molecule has 0 aromatic heterocycles. The van der Waals surface area contributed by atoms with Crippen LogP contribution in [-0.4, -0.2) is 18.1 Å². The predicted molar refractivity (Wildman–Crippen MR) is 72.5 cm³/mol. The minimum Gasteiger partial charge on any atom is -0.466 e. The Morgan fingerprint density at radius 2 is 1.94 bits per heavy atom. The predicted octanol–water partition coefficient (Wildman–Crippen LogP) is 3.36. The van der Waals surface area contributed by atoms with Gasteiger partial charge in [-0.25, -0.2) is 0 Å². The van der Waals surface area contributed by atoms with Crippen LogP contribution in [0.4, 0.5) is 5.69 Å². The van der Waals surface area contributed by atoms with E-state index in [4.69, 9.17) is 4.74 Å². The first kappa shape index (κ1) is 12.9. The fourth-order valence-electron chi connectivity index (χ4n) is 2.71. The van der Waals surface area contributed by atoms with Crippen LogP contribution in [0, 0.1) is 0 Å². The number of nitrogens with one attached hydrogen (secondary N) is 1. The molecular weight excluding hydrogens is 226 g/mol. The highest BCUT2D eigenvalue weighted by molar-refractivity contribution is 5.72. The first-order valence-corrected chi connectivity index (χ1v) is 6.73. The van der Waals surface area contributed by atoms with E-state index in [1.807, 2.05) is 37.3 Å². The van der Waals surface area contributed by atoms with Gasteiger partial charge in [0.2, 0.25) is 0 Å². The average Bonchev–Trinajstić information content (AvgIpc) is 2.79. The Morgan fingerprint density at radius 1 is 1.28 bits per heavy atom. The summed E-state index contributed by atoms with van der Waals surface area (Å²) in [6.45, 7) is 2.31. The number of hydrogen-bond donors (Lipinski definition) is 1. The summed E-state index contributed by atoms with van der Waals surface area (Å²) in [6, 6.07) is 10.1. The van der Waals surface area contributed by atoms with Gasteiger partial charge >= 0.3 is 5.97 Å². The zero-order valence-electron chi connectivity index (χ0n) is 10.9. The normalized spacial score (nSPS) is 17.4. The second-order valence-corrected chi connectivity index (χ2v) is 4.96. The minimum absolute atomic E-state index is 0.0946. The molecule has 1 aliphatic rings. The van der Waals surface area contributed by atoms with Gasteiger partial charge < -0.3 is 10.1 Å². The Bertz CT molecular complexity index is 383. The van der Waals surface area contributed by atoms with Gasteiger partial charge in [0.15, 0.2) is 0 Å². The van der Waals surface area contributed by atoms with Crippen molar-refractivity contribution < 1.29 is 9.53 Å². The number of ether oxygens (including phenoxy) is 1. The zero-order chi connectivity index (χ0) is 12.8. The van der Waals surface area contributed by atoms with E-state index in [1.165, 1.54) is 12.8 Å².